The molecule has 0 radical (unpaired) electrons. The molecule has 6 heteroatoms. The second kappa shape index (κ2) is 6.86. The lowest BCUT2D eigenvalue weighted by Gasteiger charge is -2.09. The van der Waals surface area contributed by atoms with Crippen LogP contribution in [0.25, 0.3) is 0 Å². The lowest BCUT2D eigenvalue weighted by molar-refractivity contribution is -0.118. The fraction of sp³-hybridized carbons (Fsp3) is 0.0667. The minimum Gasteiger partial charge on any atom is -0.481 e. The molecule has 2 rings (SSSR count). The van der Waals surface area contributed by atoms with Crippen molar-refractivity contribution in [3.63, 3.8) is 0 Å². The van der Waals surface area contributed by atoms with E-state index < -0.39 is 11.7 Å². The summed E-state index contributed by atoms with van der Waals surface area (Å²) >= 11 is 3.13. The van der Waals surface area contributed by atoms with Crippen LogP contribution in [0.2, 0.25) is 0 Å². The Morgan fingerprint density at radius 1 is 1.33 bits per heavy atom. The first-order chi connectivity index (χ1) is 10.1. The average molecular weight is 349 g/mol. The Morgan fingerprint density at radius 3 is 2.81 bits per heavy atom. The van der Waals surface area contributed by atoms with Gasteiger partial charge in [-0.25, -0.2) is 4.39 Å². The van der Waals surface area contributed by atoms with Crippen LogP contribution < -0.4 is 10.1 Å². The Labute approximate surface area is 129 Å². The molecule has 1 N–H and O–H groups in total. The van der Waals surface area contributed by atoms with Gasteiger partial charge >= 0.3 is 0 Å². The number of ether oxygens (including phenoxy) is 1. The minimum atomic E-state index is -0.561. The van der Waals surface area contributed by atoms with E-state index in [9.17, 15) is 9.18 Å². The maximum absolute atomic E-state index is 13.5. The summed E-state index contributed by atoms with van der Waals surface area (Å²) in [5, 5.41) is 11.5. The Bertz CT molecular complexity index is 713. The van der Waals surface area contributed by atoms with Crippen LogP contribution in [0.15, 0.2) is 46.9 Å². The van der Waals surface area contributed by atoms with Gasteiger partial charge in [0.05, 0.1) is 11.3 Å². The van der Waals surface area contributed by atoms with Crippen LogP contribution in [0.3, 0.4) is 0 Å². The number of carbonyl (C=O) groups excluding carboxylic acids is 1. The highest BCUT2D eigenvalue weighted by atomic mass is 79.9. The van der Waals surface area contributed by atoms with E-state index in [1.165, 1.54) is 12.1 Å². The third kappa shape index (κ3) is 4.04. The van der Waals surface area contributed by atoms with Crippen molar-refractivity contribution in [1.82, 2.24) is 0 Å². The van der Waals surface area contributed by atoms with E-state index in [2.05, 4.69) is 21.2 Å². The smallest absolute Gasteiger partial charge is 0.262 e. The highest BCUT2D eigenvalue weighted by Gasteiger charge is 2.09. The number of benzene rings is 2. The van der Waals surface area contributed by atoms with E-state index >= 15 is 0 Å². The number of rotatable bonds is 4. The Hall–Kier alpha value is -2.39. The van der Waals surface area contributed by atoms with Crippen LogP contribution >= 0.6 is 15.9 Å². The van der Waals surface area contributed by atoms with Crippen LogP contribution in [0.1, 0.15) is 5.56 Å². The zero-order chi connectivity index (χ0) is 15.2. The van der Waals surface area contributed by atoms with E-state index in [0.717, 1.165) is 0 Å². The van der Waals surface area contributed by atoms with Gasteiger partial charge in [-0.15, -0.1) is 0 Å². The first-order valence-corrected chi connectivity index (χ1v) is 6.76. The lowest BCUT2D eigenvalue weighted by atomic mass is 10.2. The van der Waals surface area contributed by atoms with Gasteiger partial charge in [0, 0.05) is 4.47 Å². The van der Waals surface area contributed by atoms with Gasteiger partial charge in [-0.3, -0.25) is 4.79 Å². The second-order valence-corrected chi connectivity index (χ2v) is 4.98. The highest BCUT2D eigenvalue weighted by Crippen LogP contribution is 2.21. The van der Waals surface area contributed by atoms with E-state index in [1.807, 2.05) is 6.07 Å². The molecule has 0 aliphatic carbocycles. The van der Waals surface area contributed by atoms with Gasteiger partial charge in [0.1, 0.15) is 6.07 Å². The van der Waals surface area contributed by atoms with Crippen molar-refractivity contribution in [2.45, 2.75) is 0 Å². The quantitative estimate of drug-likeness (QED) is 0.919. The summed E-state index contributed by atoms with van der Waals surface area (Å²) in [7, 11) is 0. The van der Waals surface area contributed by atoms with Gasteiger partial charge in [-0.05, 0) is 30.3 Å². The third-order valence-corrected chi connectivity index (χ3v) is 3.07. The zero-order valence-electron chi connectivity index (χ0n) is 10.8. The van der Waals surface area contributed by atoms with Crippen molar-refractivity contribution in [2.75, 3.05) is 11.9 Å². The second-order valence-electron chi connectivity index (χ2n) is 4.07. The summed E-state index contributed by atoms with van der Waals surface area (Å²) in [6.07, 6.45) is 0. The molecule has 1 amide bonds. The summed E-state index contributed by atoms with van der Waals surface area (Å²) in [6.45, 7) is -0.349. The molecule has 0 bridgehead atoms. The molecule has 0 fully saturated rings. The molecule has 2 aromatic carbocycles. The maximum Gasteiger partial charge on any atom is 0.262 e. The summed E-state index contributed by atoms with van der Waals surface area (Å²) in [6, 6.07) is 12.8. The average Bonchev–Trinajstić information content (AvgIpc) is 2.47. The normalized spacial score (nSPS) is 9.76. The highest BCUT2D eigenvalue weighted by molar-refractivity contribution is 9.10. The number of para-hydroxylation sites is 1. The molecular formula is C15H10BrFN2O2. The predicted molar refractivity (Wildman–Crippen MR) is 79.4 cm³/mol. The Morgan fingerprint density at radius 2 is 2.10 bits per heavy atom. The molecule has 106 valence electrons. The summed E-state index contributed by atoms with van der Waals surface area (Å²) < 4.78 is 19.2. The molecule has 0 aromatic heterocycles. The Balaban J connectivity index is 1.98. The molecule has 0 atom stereocenters. The molecule has 0 saturated carbocycles. The third-order valence-electron chi connectivity index (χ3n) is 2.57. The van der Waals surface area contributed by atoms with Gasteiger partial charge in [-0.1, -0.05) is 28.1 Å². The molecular weight excluding hydrogens is 339 g/mol. The summed E-state index contributed by atoms with van der Waals surface area (Å²) in [5.41, 5.74) is 0.741. The first kappa shape index (κ1) is 15.0. The van der Waals surface area contributed by atoms with E-state index in [0.29, 0.717) is 15.7 Å². The molecule has 0 saturated heterocycles. The van der Waals surface area contributed by atoms with Crippen LogP contribution in [-0.2, 0) is 4.79 Å². The molecule has 21 heavy (non-hydrogen) atoms. The number of anilines is 1. The number of amides is 1. The number of nitrogens with one attached hydrogen (secondary N) is 1. The van der Waals surface area contributed by atoms with Crippen molar-refractivity contribution in [3.8, 4) is 11.8 Å². The van der Waals surface area contributed by atoms with Crippen LogP contribution in [-0.4, -0.2) is 12.5 Å². The molecule has 0 aliphatic heterocycles. The number of hydrogen-bond acceptors (Lipinski definition) is 3. The standard InChI is InChI=1S/C15H10BrFN2O2/c16-11-5-6-14(12(17)7-11)21-9-15(20)19-13-4-2-1-3-10(13)8-18/h1-7H,9H2,(H,19,20). The largest absolute Gasteiger partial charge is 0.481 e. The van der Waals surface area contributed by atoms with E-state index in [1.54, 1.807) is 30.3 Å². The molecule has 4 nitrogen and oxygen atoms in total. The van der Waals surface area contributed by atoms with Crippen molar-refractivity contribution in [1.29, 1.82) is 5.26 Å². The molecule has 0 heterocycles. The van der Waals surface area contributed by atoms with E-state index in [4.69, 9.17) is 10.00 Å². The van der Waals surface area contributed by atoms with Crippen molar-refractivity contribution in [2.24, 2.45) is 0 Å². The SMILES string of the molecule is N#Cc1ccccc1NC(=O)COc1ccc(Br)cc1F. The number of halogens is 2. The van der Waals surface area contributed by atoms with Crippen LogP contribution in [0.4, 0.5) is 10.1 Å². The lowest BCUT2D eigenvalue weighted by Crippen LogP contribution is -2.21. The fourth-order valence-corrected chi connectivity index (χ4v) is 1.94. The van der Waals surface area contributed by atoms with Gasteiger partial charge in [-0.2, -0.15) is 5.26 Å². The number of nitrogens with zero attached hydrogens (tertiary/aromatic N) is 1. The van der Waals surface area contributed by atoms with Crippen molar-refractivity contribution >= 4 is 27.5 Å². The van der Waals surface area contributed by atoms with Gasteiger partial charge in [0.25, 0.3) is 5.91 Å². The number of nitriles is 1. The predicted octanol–water partition coefficient (Wildman–Crippen LogP) is 3.48. The van der Waals surface area contributed by atoms with Crippen molar-refractivity contribution < 1.29 is 13.9 Å². The van der Waals surface area contributed by atoms with Crippen molar-refractivity contribution in [3.05, 3.63) is 58.3 Å². The van der Waals surface area contributed by atoms with Gasteiger partial charge < -0.3 is 10.1 Å². The topological polar surface area (TPSA) is 62.1 Å². The van der Waals surface area contributed by atoms with Crippen LogP contribution in [0.5, 0.6) is 5.75 Å². The summed E-state index contributed by atoms with van der Waals surface area (Å²) in [5.74, 6) is -1.04. The molecule has 2 aromatic rings. The fourth-order valence-electron chi connectivity index (χ4n) is 1.61. The van der Waals surface area contributed by atoms with Crippen LogP contribution in [0, 0.1) is 17.1 Å². The monoisotopic (exact) mass is 348 g/mol. The molecule has 0 unspecified atom stereocenters. The van der Waals surface area contributed by atoms with Gasteiger partial charge in [0.15, 0.2) is 18.2 Å². The Kier molecular flexibility index (Phi) is 4.90. The summed E-state index contributed by atoms with van der Waals surface area (Å²) in [4.78, 5) is 11.8. The number of carbonyl (C=O) groups is 1. The maximum atomic E-state index is 13.5. The van der Waals surface area contributed by atoms with Gasteiger partial charge in [0.2, 0.25) is 0 Å². The molecule has 0 spiro atoms. The first-order valence-electron chi connectivity index (χ1n) is 5.97. The zero-order valence-corrected chi connectivity index (χ0v) is 12.4. The molecule has 0 aliphatic rings. The minimum absolute atomic E-state index is 0.0121. The van der Waals surface area contributed by atoms with E-state index in [-0.39, 0.29) is 12.4 Å². The number of hydrogen-bond donors (Lipinski definition) is 1.